The first-order valence-electron chi connectivity index (χ1n) is 5.55. The molecule has 0 spiro atoms. The van der Waals surface area contributed by atoms with Crippen LogP contribution in [0.4, 0.5) is 11.5 Å². The van der Waals surface area contributed by atoms with Gasteiger partial charge in [-0.25, -0.2) is 9.97 Å². The molecule has 0 aliphatic carbocycles. The zero-order valence-electron chi connectivity index (χ0n) is 9.77. The number of nitrogens with zero attached hydrogens (tertiary/aromatic N) is 3. The highest BCUT2D eigenvalue weighted by Gasteiger charge is 2.01. The van der Waals surface area contributed by atoms with Crippen LogP contribution in [0.25, 0.3) is 0 Å². The smallest absolute Gasteiger partial charge is 0.152 e. The van der Waals surface area contributed by atoms with Crippen LogP contribution in [-0.4, -0.2) is 26.7 Å². The zero-order chi connectivity index (χ0) is 12.1. The molecule has 0 amide bonds. The molecule has 0 unspecified atom stereocenters. The van der Waals surface area contributed by atoms with E-state index in [9.17, 15) is 0 Å². The molecule has 2 rings (SSSR count). The number of aryl methyl sites for hydroxylation is 2. The molecule has 0 aliphatic rings. The van der Waals surface area contributed by atoms with Gasteiger partial charge in [0.25, 0.3) is 0 Å². The fourth-order valence-electron chi connectivity index (χ4n) is 1.60. The molecule has 4 N–H and O–H groups in total. The van der Waals surface area contributed by atoms with Crippen molar-refractivity contribution < 1.29 is 0 Å². The van der Waals surface area contributed by atoms with Crippen molar-refractivity contribution in [2.45, 2.75) is 19.8 Å². The van der Waals surface area contributed by atoms with Crippen LogP contribution < -0.4 is 11.1 Å². The Hall–Kier alpha value is -2.11. The number of hydrogen-bond donors (Lipinski definition) is 3. The summed E-state index contributed by atoms with van der Waals surface area (Å²) in [6.07, 6.45) is 6.94. The van der Waals surface area contributed by atoms with Crippen molar-refractivity contribution in [1.82, 2.24) is 20.2 Å². The number of nitrogen functional groups attached to an aromatic ring is 1. The number of aromatic nitrogens is 4. The van der Waals surface area contributed by atoms with Gasteiger partial charge in [-0.2, -0.15) is 5.10 Å². The van der Waals surface area contributed by atoms with Crippen LogP contribution in [0, 0.1) is 6.92 Å². The Morgan fingerprint density at radius 3 is 3.00 bits per heavy atom. The number of hydrogen-bond acceptors (Lipinski definition) is 5. The second kappa shape index (κ2) is 5.29. The van der Waals surface area contributed by atoms with Gasteiger partial charge in [-0.15, -0.1) is 0 Å². The van der Waals surface area contributed by atoms with Gasteiger partial charge in [0.2, 0.25) is 0 Å². The van der Waals surface area contributed by atoms with Crippen LogP contribution in [0.3, 0.4) is 0 Å². The van der Waals surface area contributed by atoms with Crippen LogP contribution in [0.15, 0.2) is 18.7 Å². The fourth-order valence-corrected chi connectivity index (χ4v) is 1.60. The van der Waals surface area contributed by atoms with E-state index in [0.717, 1.165) is 25.1 Å². The molecule has 0 fully saturated rings. The average molecular weight is 232 g/mol. The minimum absolute atomic E-state index is 0.576. The normalized spacial score (nSPS) is 10.4. The van der Waals surface area contributed by atoms with Crippen LogP contribution in [0.5, 0.6) is 0 Å². The van der Waals surface area contributed by atoms with Crippen LogP contribution >= 0.6 is 0 Å². The number of nitrogens with one attached hydrogen (secondary N) is 2. The van der Waals surface area contributed by atoms with Gasteiger partial charge in [0, 0.05) is 12.2 Å². The van der Waals surface area contributed by atoms with Gasteiger partial charge in [0.05, 0.1) is 18.1 Å². The Balaban J connectivity index is 1.77. The predicted molar refractivity (Wildman–Crippen MR) is 66.6 cm³/mol. The Bertz CT molecular complexity index is 478. The molecule has 0 radical (unpaired) electrons. The van der Waals surface area contributed by atoms with Gasteiger partial charge in [0.1, 0.15) is 6.33 Å². The highest BCUT2D eigenvalue weighted by Crippen LogP contribution is 2.12. The lowest BCUT2D eigenvalue weighted by atomic mass is 10.1. The van der Waals surface area contributed by atoms with E-state index in [4.69, 9.17) is 5.73 Å². The van der Waals surface area contributed by atoms with Crippen molar-refractivity contribution in [1.29, 1.82) is 0 Å². The van der Waals surface area contributed by atoms with Gasteiger partial charge >= 0.3 is 0 Å². The van der Waals surface area contributed by atoms with E-state index < -0.39 is 0 Å². The Kier molecular flexibility index (Phi) is 3.54. The van der Waals surface area contributed by atoms with Crippen molar-refractivity contribution in [3.63, 3.8) is 0 Å². The molecule has 0 aromatic carbocycles. The molecular formula is C11H16N6. The Morgan fingerprint density at radius 1 is 1.41 bits per heavy atom. The standard InChI is InChI=1S/C11H16N6/c1-8-9(5-16-17-8)3-2-4-14-11-10(12)6-13-7-15-11/h5-7H,2-4,12H2,1H3,(H,16,17)(H,13,14,15). The molecule has 17 heavy (non-hydrogen) atoms. The summed E-state index contributed by atoms with van der Waals surface area (Å²) >= 11 is 0. The number of nitrogens with two attached hydrogens (primary N) is 1. The highest BCUT2D eigenvalue weighted by molar-refractivity contribution is 5.58. The maximum absolute atomic E-state index is 5.72. The third-order valence-corrected chi connectivity index (χ3v) is 2.59. The number of aromatic amines is 1. The summed E-state index contributed by atoms with van der Waals surface area (Å²) in [5.74, 6) is 0.698. The van der Waals surface area contributed by atoms with E-state index in [0.29, 0.717) is 11.5 Å². The summed E-state index contributed by atoms with van der Waals surface area (Å²) in [6.45, 7) is 2.85. The summed E-state index contributed by atoms with van der Waals surface area (Å²) in [5, 5.41) is 10.1. The average Bonchev–Trinajstić information content (AvgIpc) is 2.73. The molecule has 6 nitrogen and oxygen atoms in total. The number of rotatable bonds is 5. The number of anilines is 2. The van der Waals surface area contributed by atoms with Crippen LogP contribution in [0.1, 0.15) is 17.7 Å². The molecule has 2 heterocycles. The maximum Gasteiger partial charge on any atom is 0.152 e. The van der Waals surface area contributed by atoms with Crippen molar-refractivity contribution in [3.05, 3.63) is 30.0 Å². The third-order valence-electron chi connectivity index (χ3n) is 2.59. The predicted octanol–water partition coefficient (Wildman–Crippen LogP) is 1.14. The minimum Gasteiger partial charge on any atom is -0.394 e. The largest absolute Gasteiger partial charge is 0.394 e. The van der Waals surface area contributed by atoms with Crippen LogP contribution in [-0.2, 0) is 6.42 Å². The number of H-pyrrole nitrogens is 1. The quantitative estimate of drug-likeness (QED) is 0.672. The van der Waals surface area contributed by atoms with Crippen molar-refractivity contribution >= 4 is 11.5 Å². The molecule has 0 bridgehead atoms. The van der Waals surface area contributed by atoms with Crippen molar-refractivity contribution in [2.24, 2.45) is 0 Å². The monoisotopic (exact) mass is 232 g/mol. The molecule has 2 aromatic heterocycles. The summed E-state index contributed by atoms with van der Waals surface area (Å²) in [4.78, 5) is 7.90. The fraction of sp³-hybridized carbons (Fsp3) is 0.364. The Morgan fingerprint density at radius 2 is 2.29 bits per heavy atom. The van der Waals surface area contributed by atoms with Gasteiger partial charge in [-0.05, 0) is 25.3 Å². The molecule has 0 atom stereocenters. The highest BCUT2D eigenvalue weighted by atomic mass is 15.1. The molecule has 0 saturated carbocycles. The van der Waals surface area contributed by atoms with E-state index >= 15 is 0 Å². The third kappa shape index (κ3) is 2.93. The van der Waals surface area contributed by atoms with Crippen LogP contribution in [0.2, 0.25) is 0 Å². The minimum atomic E-state index is 0.576. The van der Waals surface area contributed by atoms with Crippen molar-refractivity contribution in [2.75, 3.05) is 17.6 Å². The van der Waals surface area contributed by atoms with Gasteiger partial charge < -0.3 is 11.1 Å². The topological polar surface area (TPSA) is 92.5 Å². The summed E-state index contributed by atoms with van der Waals surface area (Å²) in [7, 11) is 0. The van der Waals surface area contributed by atoms with Gasteiger partial charge in [-0.1, -0.05) is 0 Å². The van der Waals surface area contributed by atoms with E-state index in [1.807, 2.05) is 13.1 Å². The maximum atomic E-state index is 5.72. The van der Waals surface area contributed by atoms with E-state index in [1.54, 1.807) is 6.20 Å². The summed E-state index contributed by atoms with van der Waals surface area (Å²) in [6, 6.07) is 0. The van der Waals surface area contributed by atoms with Gasteiger partial charge in [-0.3, -0.25) is 5.10 Å². The van der Waals surface area contributed by atoms with E-state index in [-0.39, 0.29) is 0 Å². The summed E-state index contributed by atoms with van der Waals surface area (Å²) in [5.41, 5.74) is 8.68. The molecule has 0 aliphatic heterocycles. The van der Waals surface area contributed by atoms with Crippen molar-refractivity contribution in [3.8, 4) is 0 Å². The molecule has 2 aromatic rings. The first kappa shape index (κ1) is 11.4. The lowest BCUT2D eigenvalue weighted by Crippen LogP contribution is -2.07. The van der Waals surface area contributed by atoms with E-state index in [2.05, 4.69) is 25.5 Å². The lowest BCUT2D eigenvalue weighted by molar-refractivity contribution is 0.853. The molecule has 0 saturated heterocycles. The second-order valence-electron chi connectivity index (χ2n) is 3.88. The van der Waals surface area contributed by atoms with E-state index in [1.165, 1.54) is 11.9 Å². The first-order valence-corrected chi connectivity index (χ1v) is 5.55. The lowest BCUT2D eigenvalue weighted by Gasteiger charge is -2.06. The Labute approximate surface area is 99.7 Å². The summed E-state index contributed by atoms with van der Waals surface area (Å²) < 4.78 is 0. The zero-order valence-corrected chi connectivity index (χ0v) is 9.77. The molecule has 90 valence electrons. The molecule has 6 heteroatoms. The SMILES string of the molecule is Cc1[nH]ncc1CCCNc1ncncc1N. The van der Waals surface area contributed by atoms with Gasteiger partial charge in [0.15, 0.2) is 5.82 Å². The second-order valence-corrected chi connectivity index (χ2v) is 3.88. The first-order chi connectivity index (χ1) is 8.27. The molecular weight excluding hydrogens is 216 g/mol.